The number of carbonyl (C=O) groups excluding carboxylic acids is 2. The molecule has 0 rings (SSSR count). The van der Waals surface area contributed by atoms with Gasteiger partial charge < -0.3 is 14.6 Å². The summed E-state index contributed by atoms with van der Waals surface area (Å²) in [5.74, 6) is -0.588. The van der Waals surface area contributed by atoms with Crippen LogP contribution >= 0.6 is 0 Å². The van der Waals surface area contributed by atoms with E-state index in [1.807, 2.05) is 0 Å². The van der Waals surface area contributed by atoms with Crippen LogP contribution in [0.15, 0.2) is 36.5 Å². The van der Waals surface area contributed by atoms with Crippen molar-refractivity contribution in [2.24, 2.45) is 0 Å². The van der Waals surface area contributed by atoms with Gasteiger partial charge in [0.25, 0.3) is 0 Å². The topological polar surface area (TPSA) is 72.8 Å². The number of hydrogen-bond acceptors (Lipinski definition) is 5. The summed E-state index contributed by atoms with van der Waals surface area (Å²) in [4.78, 5) is 24.4. The molecule has 0 heterocycles. The van der Waals surface area contributed by atoms with Gasteiger partial charge in [-0.1, -0.05) is 198 Å². The highest BCUT2D eigenvalue weighted by Gasteiger charge is 2.16. The summed E-state index contributed by atoms with van der Waals surface area (Å²) < 4.78 is 10.7. The van der Waals surface area contributed by atoms with Crippen LogP contribution in [0.4, 0.5) is 0 Å². The molecule has 316 valence electrons. The van der Waals surface area contributed by atoms with Crippen LogP contribution in [0.25, 0.3) is 0 Å². The fourth-order valence-corrected chi connectivity index (χ4v) is 6.82. The van der Waals surface area contributed by atoms with Gasteiger partial charge in [0.1, 0.15) is 6.61 Å². The number of aliphatic hydroxyl groups excluding tert-OH is 1. The van der Waals surface area contributed by atoms with Gasteiger partial charge in [-0.2, -0.15) is 0 Å². The number of aliphatic hydroxyl groups is 1. The Morgan fingerprint density at radius 2 is 0.741 bits per heavy atom. The van der Waals surface area contributed by atoms with Crippen molar-refractivity contribution in [2.45, 2.75) is 251 Å². The molecular formula is C49H90O5. The Morgan fingerprint density at radius 1 is 0.426 bits per heavy atom. The predicted octanol–water partition coefficient (Wildman–Crippen LogP) is 15.2. The fourth-order valence-electron chi connectivity index (χ4n) is 6.82. The van der Waals surface area contributed by atoms with Crippen molar-refractivity contribution in [2.75, 3.05) is 13.2 Å². The van der Waals surface area contributed by atoms with E-state index in [2.05, 4.69) is 50.3 Å². The minimum absolute atomic E-state index is 0.0656. The van der Waals surface area contributed by atoms with Gasteiger partial charge in [-0.25, -0.2) is 0 Å². The summed E-state index contributed by atoms with van der Waals surface area (Å²) in [5.41, 5.74) is 0. The Hall–Kier alpha value is -1.88. The van der Waals surface area contributed by atoms with Crippen LogP contribution in [-0.4, -0.2) is 36.4 Å². The van der Waals surface area contributed by atoms with Gasteiger partial charge in [-0.05, 0) is 70.6 Å². The molecular weight excluding hydrogens is 669 g/mol. The second kappa shape index (κ2) is 45.5. The molecule has 0 amide bonds. The van der Waals surface area contributed by atoms with E-state index in [9.17, 15) is 14.7 Å². The van der Waals surface area contributed by atoms with E-state index in [4.69, 9.17) is 9.47 Å². The Balaban J connectivity index is 3.50. The largest absolute Gasteiger partial charge is 0.462 e. The van der Waals surface area contributed by atoms with Crippen molar-refractivity contribution < 1.29 is 24.2 Å². The van der Waals surface area contributed by atoms with Gasteiger partial charge in [0.05, 0.1) is 6.61 Å². The van der Waals surface area contributed by atoms with Gasteiger partial charge in [0.15, 0.2) is 6.10 Å². The zero-order valence-corrected chi connectivity index (χ0v) is 36.0. The first-order chi connectivity index (χ1) is 26.6. The molecule has 0 radical (unpaired) electrons. The van der Waals surface area contributed by atoms with Crippen molar-refractivity contribution in [1.29, 1.82) is 0 Å². The molecule has 0 aliphatic rings. The maximum absolute atomic E-state index is 12.2. The van der Waals surface area contributed by atoms with E-state index >= 15 is 0 Å². The van der Waals surface area contributed by atoms with Crippen LogP contribution in [0.2, 0.25) is 0 Å². The molecule has 0 bridgehead atoms. The molecule has 1 atom stereocenters. The third-order valence-electron chi connectivity index (χ3n) is 10.4. The lowest BCUT2D eigenvalue weighted by molar-refractivity contribution is -0.161. The molecule has 5 nitrogen and oxygen atoms in total. The number of ether oxygens (including phenoxy) is 2. The summed E-state index contributed by atoms with van der Waals surface area (Å²) in [7, 11) is 0. The Kier molecular flexibility index (Phi) is 43.9. The maximum atomic E-state index is 12.2. The SMILES string of the molecule is CCCCCC=CCC=CCCCCCCCCCCCC(=O)OC(CO)COC(=O)CCCCCCCCCCCCCC=CCCCCCCCC. The summed E-state index contributed by atoms with van der Waals surface area (Å²) in [6, 6.07) is 0. The Bertz CT molecular complexity index is 862. The van der Waals surface area contributed by atoms with Crippen LogP contribution in [0, 0.1) is 0 Å². The molecule has 0 aromatic carbocycles. The van der Waals surface area contributed by atoms with Crippen molar-refractivity contribution >= 4 is 11.9 Å². The molecule has 5 heteroatoms. The Morgan fingerprint density at radius 3 is 1.15 bits per heavy atom. The monoisotopic (exact) mass is 759 g/mol. The number of unbranched alkanes of at least 4 members (excludes halogenated alkanes) is 29. The van der Waals surface area contributed by atoms with Gasteiger partial charge in [0, 0.05) is 12.8 Å². The molecule has 0 aliphatic heterocycles. The van der Waals surface area contributed by atoms with Crippen LogP contribution in [0.1, 0.15) is 245 Å². The standard InChI is InChI=1S/C49H90O5/c1-3-5-7-9-11-13-15-17-19-21-23-24-26-27-29-31-33-35-37-39-41-43-48(51)53-46-47(45-50)54-49(52)44-42-40-38-36-34-32-30-28-25-22-20-18-16-14-12-10-8-6-4-2/h12,14,17-20,47,50H,3-11,13,15-16,21-46H2,1-2H3. The van der Waals surface area contributed by atoms with Crippen LogP contribution in [0.5, 0.6) is 0 Å². The second-order valence-corrected chi connectivity index (χ2v) is 15.8. The average molecular weight is 759 g/mol. The summed E-state index contributed by atoms with van der Waals surface area (Å²) in [6.45, 7) is 4.13. The van der Waals surface area contributed by atoms with E-state index in [0.29, 0.717) is 12.8 Å². The third-order valence-corrected chi connectivity index (χ3v) is 10.4. The van der Waals surface area contributed by atoms with Crippen molar-refractivity contribution in [3.63, 3.8) is 0 Å². The smallest absolute Gasteiger partial charge is 0.306 e. The lowest BCUT2D eigenvalue weighted by atomic mass is 10.0. The minimum atomic E-state index is -0.773. The molecule has 0 saturated carbocycles. The highest BCUT2D eigenvalue weighted by atomic mass is 16.6. The molecule has 54 heavy (non-hydrogen) atoms. The lowest BCUT2D eigenvalue weighted by Gasteiger charge is -2.15. The summed E-state index contributed by atoms with van der Waals surface area (Å²) >= 11 is 0. The average Bonchev–Trinajstić information content (AvgIpc) is 3.17. The summed E-state index contributed by atoms with van der Waals surface area (Å²) in [6.07, 6.45) is 56.5. The normalized spacial score (nSPS) is 12.4. The van der Waals surface area contributed by atoms with Crippen LogP contribution in [-0.2, 0) is 19.1 Å². The number of esters is 2. The first-order valence-electron chi connectivity index (χ1n) is 23.5. The molecule has 0 saturated heterocycles. The second-order valence-electron chi connectivity index (χ2n) is 15.8. The van der Waals surface area contributed by atoms with Crippen molar-refractivity contribution in [3.05, 3.63) is 36.5 Å². The zero-order valence-electron chi connectivity index (χ0n) is 36.0. The van der Waals surface area contributed by atoms with Crippen molar-refractivity contribution in [3.8, 4) is 0 Å². The van der Waals surface area contributed by atoms with E-state index < -0.39 is 6.10 Å². The minimum Gasteiger partial charge on any atom is -0.462 e. The predicted molar refractivity (Wildman–Crippen MR) is 233 cm³/mol. The third kappa shape index (κ3) is 42.9. The first-order valence-corrected chi connectivity index (χ1v) is 23.5. The van der Waals surface area contributed by atoms with Crippen LogP contribution in [0.3, 0.4) is 0 Å². The molecule has 1 unspecified atom stereocenters. The van der Waals surface area contributed by atoms with Gasteiger partial charge in [0.2, 0.25) is 0 Å². The molecule has 0 aromatic rings. The van der Waals surface area contributed by atoms with Crippen molar-refractivity contribution in [1.82, 2.24) is 0 Å². The fraction of sp³-hybridized carbons (Fsp3) is 0.837. The molecule has 1 N–H and O–H groups in total. The lowest BCUT2D eigenvalue weighted by Crippen LogP contribution is -2.28. The number of carbonyl (C=O) groups is 2. The molecule has 0 fully saturated rings. The van der Waals surface area contributed by atoms with E-state index in [0.717, 1.165) is 44.9 Å². The first kappa shape index (κ1) is 52.1. The summed E-state index contributed by atoms with van der Waals surface area (Å²) in [5, 5.41) is 9.60. The van der Waals surface area contributed by atoms with Gasteiger partial charge >= 0.3 is 11.9 Å². The highest BCUT2D eigenvalue weighted by Crippen LogP contribution is 2.15. The van der Waals surface area contributed by atoms with Crippen LogP contribution < -0.4 is 0 Å². The number of hydrogen-bond donors (Lipinski definition) is 1. The number of allylic oxidation sites excluding steroid dienone is 6. The molecule has 0 aromatic heterocycles. The van der Waals surface area contributed by atoms with Gasteiger partial charge in [-0.15, -0.1) is 0 Å². The van der Waals surface area contributed by atoms with E-state index in [1.165, 1.54) is 173 Å². The quantitative estimate of drug-likeness (QED) is 0.0381. The van der Waals surface area contributed by atoms with Gasteiger partial charge in [-0.3, -0.25) is 9.59 Å². The van der Waals surface area contributed by atoms with E-state index in [-0.39, 0.29) is 25.2 Å². The number of rotatable bonds is 43. The van der Waals surface area contributed by atoms with E-state index in [1.54, 1.807) is 0 Å². The molecule has 0 aliphatic carbocycles. The molecule has 0 spiro atoms. The highest BCUT2D eigenvalue weighted by molar-refractivity contribution is 5.70. The maximum Gasteiger partial charge on any atom is 0.306 e. The Labute approximate surface area is 336 Å². The zero-order chi connectivity index (χ0) is 39.3.